The molecule has 0 saturated heterocycles. The Kier molecular flexibility index (Phi) is 3.85. The highest BCUT2D eigenvalue weighted by Gasteiger charge is 2.01. The van der Waals surface area contributed by atoms with Gasteiger partial charge in [0.15, 0.2) is 0 Å². The molecule has 0 fully saturated rings. The Labute approximate surface area is 113 Å². The fraction of sp³-hybridized carbons (Fsp3) is 0.188. The SMILES string of the molecule is COc1cccc(N=Cc2cc(C)c(O)c(C)c2)c1. The molecule has 0 spiro atoms. The lowest BCUT2D eigenvalue weighted by Crippen LogP contribution is -1.87. The number of nitrogens with zero attached hydrogens (tertiary/aromatic N) is 1. The van der Waals surface area contributed by atoms with Crippen molar-refractivity contribution >= 4 is 11.9 Å². The van der Waals surface area contributed by atoms with Crippen LogP contribution in [0.3, 0.4) is 0 Å². The molecule has 0 unspecified atom stereocenters. The summed E-state index contributed by atoms with van der Waals surface area (Å²) in [5.41, 5.74) is 3.51. The van der Waals surface area contributed by atoms with E-state index in [0.717, 1.165) is 28.1 Å². The molecule has 2 aromatic rings. The minimum Gasteiger partial charge on any atom is -0.507 e. The van der Waals surface area contributed by atoms with Crippen LogP contribution in [0.25, 0.3) is 0 Å². The van der Waals surface area contributed by atoms with Gasteiger partial charge in [-0.05, 0) is 54.8 Å². The Morgan fingerprint density at radius 3 is 2.42 bits per heavy atom. The van der Waals surface area contributed by atoms with Crippen LogP contribution in [0.4, 0.5) is 5.69 Å². The number of ether oxygens (including phenoxy) is 1. The molecule has 19 heavy (non-hydrogen) atoms. The molecule has 3 nitrogen and oxygen atoms in total. The van der Waals surface area contributed by atoms with Gasteiger partial charge in [-0.2, -0.15) is 0 Å². The zero-order valence-electron chi connectivity index (χ0n) is 11.3. The molecule has 0 aliphatic heterocycles. The highest BCUT2D eigenvalue weighted by Crippen LogP contribution is 2.23. The molecular formula is C16H17NO2. The summed E-state index contributed by atoms with van der Waals surface area (Å²) in [5, 5.41) is 9.72. The van der Waals surface area contributed by atoms with Gasteiger partial charge in [0.1, 0.15) is 11.5 Å². The molecule has 0 amide bonds. The highest BCUT2D eigenvalue weighted by molar-refractivity contribution is 5.83. The maximum atomic E-state index is 9.72. The van der Waals surface area contributed by atoms with Crippen molar-refractivity contribution in [2.75, 3.05) is 7.11 Å². The maximum Gasteiger partial charge on any atom is 0.121 e. The minimum atomic E-state index is 0.346. The molecule has 0 aliphatic carbocycles. The molecule has 0 saturated carbocycles. The van der Waals surface area contributed by atoms with Crippen LogP contribution in [0.1, 0.15) is 16.7 Å². The summed E-state index contributed by atoms with van der Waals surface area (Å²) in [7, 11) is 1.63. The molecule has 98 valence electrons. The molecule has 0 radical (unpaired) electrons. The van der Waals surface area contributed by atoms with E-state index in [2.05, 4.69) is 4.99 Å². The largest absolute Gasteiger partial charge is 0.507 e. The Morgan fingerprint density at radius 2 is 1.79 bits per heavy atom. The summed E-state index contributed by atoms with van der Waals surface area (Å²) < 4.78 is 5.15. The summed E-state index contributed by atoms with van der Waals surface area (Å²) in [6.07, 6.45) is 1.79. The number of aryl methyl sites for hydroxylation is 2. The van der Waals surface area contributed by atoms with Crippen LogP contribution < -0.4 is 4.74 Å². The van der Waals surface area contributed by atoms with Gasteiger partial charge in [-0.1, -0.05) is 6.07 Å². The van der Waals surface area contributed by atoms with E-state index in [1.807, 2.05) is 50.2 Å². The summed E-state index contributed by atoms with van der Waals surface area (Å²) in [6.45, 7) is 3.76. The third-order valence-corrected chi connectivity index (χ3v) is 2.93. The number of aliphatic imine (C=N–C) groups is 1. The minimum absolute atomic E-state index is 0.346. The van der Waals surface area contributed by atoms with Gasteiger partial charge in [-0.15, -0.1) is 0 Å². The number of hydrogen-bond donors (Lipinski definition) is 1. The van der Waals surface area contributed by atoms with Crippen molar-refractivity contribution in [2.45, 2.75) is 13.8 Å². The number of phenolic OH excluding ortho intramolecular Hbond substituents is 1. The second-order valence-corrected chi connectivity index (χ2v) is 4.46. The van der Waals surface area contributed by atoms with Gasteiger partial charge in [0, 0.05) is 12.3 Å². The van der Waals surface area contributed by atoms with Crippen LogP contribution in [0.5, 0.6) is 11.5 Å². The van der Waals surface area contributed by atoms with Gasteiger partial charge in [-0.25, -0.2) is 0 Å². The fourth-order valence-corrected chi connectivity index (χ4v) is 1.90. The summed E-state index contributed by atoms with van der Waals surface area (Å²) in [5.74, 6) is 1.13. The van der Waals surface area contributed by atoms with Crippen LogP contribution in [0, 0.1) is 13.8 Å². The van der Waals surface area contributed by atoms with Crippen molar-refractivity contribution in [3.8, 4) is 11.5 Å². The average Bonchev–Trinajstić information content (AvgIpc) is 2.42. The van der Waals surface area contributed by atoms with Gasteiger partial charge in [0.25, 0.3) is 0 Å². The van der Waals surface area contributed by atoms with E-state index in [1.165, 1.54) is 0 Å². The van der Waals surface area contributed by atoms with E-state index < -0.39 is 0 Å². The van der Waals surface area contributed by atoms with Gasteiger partial charge in [0.05, 0.1) is 12.8 Å². The third-order valence-electron chi connectivity index (χ3n) is 2.93. The lowest BCUT2D eigenvalue weighted by atomic mass is 10.1. The second-order valence-electron chi connectivity index (χ2n) is 4.46. The van der Waals surface area contributed by atoms with E-state index >= 15 is 0 Å². The Morgan fingerprint density at radius 1 is 1.11 bits per heavy atom. The third kappa shape index (κ3) is 3.13. The molecule has 2 rings (SSSR count). The summed E-state index contributed by atoms with van der Waals surface area (Å²) >= 11 is 0. The van der Waals surface area contributed by atoms with Crippen molar-refractivity contribution in [2.24, 2.45) is 4.99 Å². The lowest BCUT2D eigenvalue weighted by Gasteiger charge is -2.04. The first-order valence-electron chi connectivity index (χ1n) is 6.08. The maximum absolute atomic E-state index is 9.72. The number of aromatic hydroxyl groups is 1. The quantitative estimate of drug-likeness (QED) is 0.848. The van der Waals surface area contributed by atoms with E-state index in [1.54, 1.807) is 13.3 Å². The van der Waals surface area contributed by atoms with Crippen LogP contribution >= 0.6 is 0 Å². The number of benzene rings is 2. The first kappa shape index (κ1) is 13.1. The molecule has 0 heterocycles. The Bertz CT molecular complexity index is 595. The van der Waals surface area contributed by atoms with Gasteiger partial charge in [-0.3, -0.25) is 4.99 Å². The zero-order chi connectivity index (χ0) is 13.8. The molecule has 0 bridgehead atoms. The van der Waals surface area contributed by atoms with Crippen LogP contribution in [-0.2, 0) is 0 Å². The molecule has 3 heteroatoms. The van der Waals surface area contributed by atoms with Gasteiger partial charge in [0.2, 0.25) is 0 Å². The number of hydrogen-bond acceptors (Lipinski definition) is 3. The Balaban J connectivity index is 2.27. The van der Waals surface area contributed by atoms with Crippen LogP contribution in [-0.4, -0.2) is 18.4 Å². The van der Waals surface area contributed by atoms with Crippen LogP contribution in [0.15, 0.2) is 41.4 Å². The average molecular weight is 255 g/mol. The first-order valence-corrected chi connectivity index (χ1v) is 6.08. The molecule has 0 atom stereocenters. The fourth-order valence-electron chi connectivity index (χ4n) is 1.90. The monoisotopic (exact) mass is 255 g/mol. The van der Waals surface area contributed by atoms with Crippen molar-refractivity contribution in [1.82, 2.24) is 0 Å². The smallest absolute Gasteiger partial charge is 0.121 e. The predicted octanol–water partition coefficient (Wildman–Crippen LogP) is 3.77. The highest BCUT2D eigenvalue weighted by atomic mass is 16.5. The van der Waals surface area contributed by atoms with Crippen molar-refractivity contribution in [1.29, 1.82) is 0 Å². The second kappa shape index (κ2) is 5.57. The van der Waals surface area contributed by atoms with Crippen molar-refractivity contribution < 1.29 is 9.84 Å². The number of methoxy groups -OCH3 is 1. The lowest BCUT2D eigenvalue weighted by molar-refractivity contribution is 0.415. The van der Waals surface area contributed by atoms with Crippen LogP contribution in [0.2, 0.25) is 0 Å². The normalized spacial score (nSPS) is 10.9. The molecule has 0 aromatic heterocycles. The standard InChI is InChI=1S/C16H17NO2/c1-11-7-13(8-12(2)16(11)18)10-17-14-5-4-6-15(9-14)19-3/h4-10,18H,1-3H3. The predicted molar refractivity (Wildman–Crippen MR) is 77.8 cm³/mol. The van der Waals surface area contributed by atoms with E-state index in [0.29, 0.717) is 5.75 Å². The van der Waals surface area contributed by atoms with E-state index in [4.69, 9.17) is 4.74 Å². The van der Waals surface area contributed by atoms with Crippen molar-refractivity contribution in [3.05, 3.63) is 53.1 Å². The van der Waals surface area contributed by atoms with Crippen molar-refractivity contribution in [3.63, 3.8) is 0 Å². The first-order chi connectivity index (χ1) is 9.10. The van der Waals surface area contributed by atoms with E-state index in [-0.39, 0.29) is 0 Å². The summed E-state index contributed by atoms with van der Waals surface area (Å²) in [4.78, 5) is 4.41. The molecule has 1 N–H and O–H groups in total. The van der Waals surface area contributed by atoms with Gasteiger partial charge < -0.3 is 9.84 Å². The Hall–Kier alpha value is -2.29. The number of rotatable bonds is 3. The van der Waals surface area contributed by atoms with E-state index in [9.17, 15) is 5.11 Å². The topological polar surface area (TPSA) is 41.8 Å². The molecule has 0 aliphatic rings. The number of phenols is 1. The molecule has 2 aromatic carbocycles. The summed E-state index contributed by atoms with van der Waals surface area (Å²) in [6, 6.07) is 11.4. The van der Waals surface area contributed by atoms with Gasteiger partial charge >= 0.3 is 0 Å². The molecular weight excluding hydrogens is 238 g/mol. The zero-order valence-corrected chi connectivity index (χ0v) is 11.3.